The van der Waals surface area contributed by atoms with E-state index in [0.717, 1.165) is 31.4 Å². The molecule has 1 N–H and O–H groups in total. The molecule has 1 aliphatic carbocycles. The maximum absolute atomic E-state index is 12.3. The second-order valence-corrected chi connectivity index (χ2v) is 8.61. The first kappa shape index (κ1) is 19.5. The summed E-state index contributed by atoms with van der Waals surface area (Å²) >= 11 is 0. The highest BCUT2D eigenvalue weighted by atomic mass is 16.6. The zero-order chi connectivity index (χ0) is 19.4. The molecule has 6 nitrogen and oxygen atoms in total. The number of piperidine rings is 1. The Bertz CT molecular complexity index is 656. The minimum Gasteiger partial charge on any atom is -0.445 e. The third kappa shape index (κ3) is 5.62. The minimum atomic E-state index is -0.476. The van der Waals surface area contributed by atoms with E-state index < -0.39 is 5.60 Å². The SMILES string of the molecule is CC(C)(C)OC(=O)N1CC[C@H]2C[C@@H](NC(=O)OCc3ccccc3)CC2C1. The quantitative estimate of drug-likeness (QED) is 0.870. The lowest BCUT2D eigenvalue weighted by Crippen LogP contribution is -2.44. The fraction of sp³-hybridized carbons (Fsp3) is 0.619. The number of carbonyl (C=O) groups is 2. The molecule has 1 aromatic carbocycles. The first-order chi connectivity index (χ1) is 12.8. The summed E-state index contributed by atoms with van der Waals surface area (Å²) in [5.74, 6) is 0.953. The predicted octanol–water partition coefficient (Wildman–Crippen LogP) is 3.95. The van der Waals surface area contributed by atoms with E-state index in [4.69, 9.17) is 9.47 Å². The maximum Gasteiger partial charge on any atom is 0.410 e. The Hall–Kier alpha value is -2.24. The smallest absolute Gasteiger partial charge is 0.410 e. The van der Waals surface area contributed by atoms with Gasteiger partial charge >= 0.3 is 12.2 Å². The summed E-state index contributed by atoms with van der Waals surface area (Å²) in [5.41, 5.74) is 0.497. The highest BCUT2D eigenvalue weighted by molar-refractivity contribution is 5.68. The Kier molecular flexibility index (Phi) is 5.92. The number of ether oxygens (including phenoxy) is 2. The van der Waals surface area contributed by atoms with Gasteiger partial charge < -0.3 is 19.7 Å². The molecule has 1 aliphatic heterocycles. The first-order valence-electron chi connectivity index (χ1n) is 9.75. The monoisotopic (exact) mass is 374 g/mol. The van der Waals surface area contributed by atoms with E-state index in [1.54, 1.807) is 0 Å². The highest BCUT2D eigenvalue weighted by Gasteiger charge is 2.40. The number of nitrogens with one attached hydrogen (secondary N) is 1. The number of fused-ring (bicyclic) bond motifs is 1. The highest BCUT2D eigenvalue weighted by Crippen LogP contribution is 2.38. The van der Waals surface area contributed by atoms with Crippen LogP contribution in [0.1, 0.15) is 45.6 Å². The summed E-state index contributed by atoms with van der Waals surface area (Å²) in [6.07, 6.45) is 2.19. The van der Waals surface area contributed by atoms with Gasteiger partial charge in [0.2, 0.25) is 0 Å². The molecule has 0 radical (unpaired) electrons. The summed E-state index contributed by atoms with van der Waals surface area (Å²) < 4.78 is 10.8. The fourth-order valence-corrected chi connectivity index (χ4v) is 4.03. The van der Waals surface area contributed by atoms with Crippen LogP contribution >= 0.6 is 0 Å². The summed E-state index contributed by atoms with van der Waals surface area (Å²) in [6, 6.07) is 9.76. The Morgan fingerprint density at radius 1 is 1.15 bits per heavy atom. The van der Waals surface area contributed by atoms with Crippen LogP contribution < -0.4 is 5.32 Å². The van der Waals surface area contributed by atoms with E-state index in [1.165, 1.54) is 0 Å². The number of hydrogen-bond donors (Lipinski definition) is 1. The van der Waals surface area contributed by atoms with Gasteiger partial charge in [0.1, 0.15) is 12.2 Å². The Morgan fingerprint density at radius 3 is 2.56 bits per heavy atom. The molecule has 0 aromatic heterocycles. The molecule has 6 heteroatoms. The largest absolute Gasteiger partial charge is 0.445 e. The van der Waals surface area contributed by atoms with Gasteiger partial charge in [-0.2, -0.15) is 0 Å². The Morgan fingerprint density at radius 2 is 1.85 bits per heavy atom. The standard InChI is InChI=1S/C21H30N2O4/c1-21(2,3)27-20(25)23-10-9-16-11-18(12-17(16)13-23)22-19(24)26-14-15-7-5-4-6-8-15/h4-8,16-18H,9-14H2,1-3H3,(H,22,24)/t16-,17?,18+/m0/s1. The Labute approximate surface area is 161 Å². The Balaban J connectivity index is 1.44. The molecule has 2 amide bonds. The molecular formula is C21H30N2O4. The van der Waals surface area contributed by atoms with Gasteiger partial charge in [0, 0.05) is 19.1 Å². The number of alkyl carbamates (subject to hydrolysis) is 1. The second kappa shape index (κ2) is 8.19. The zero-order valence-corrected chi connectivity index (χ0v) is 16.4. The van der Waals surface area contributed by atoms with E-state index in [1.807, 2.05) is 56.0 Å². The van der Waals surface area contributed by atoms with Crippen LogP contribution in [0, 0.1) is 11.8 Å². The average molecular weight is 374 g/mol. The summed E-state index contributed by atoms with van der Waals surface area (Å²) in [4.78, 5) is 26.2. The average Bonchev–Trinajstić information content (AvgIpc) is 3.00. The maximum atomic E-state index is 12.3. The summed E-state index contributed by atoms with van der Waals surface area (Å²) in [6.45, 7) is 7.35. The summed E-state index contributed by atoms with van der Waals surface area (Å²) in [5, 5.41) is 2.99. The van der Waals surface area contributed by atoms with Crippen molar-refractivity contribution in [3.05, 3.63) is 35.9 Å². The lowest BCUT2D eigenvalue weighted by atomic mass is 9.89. The van der Waals surface area contributed by atoms with Crippen LogP contribution in [0.5, 0.6) is 0 Å². The molecule has 3 rings (SSSR count). The van der Waals surface area contributed by atoms with E-state index in [2.05, 4.69) is 5.32 Å². The number of amides is 2. The first-order valence-corrected chi connectivity index (χ1v) is 9.75. The molecule has 0 spiro atoms. The van der Waals surface area contributed by atoms with Crippen LogP contribution in [0.15, 0.2) is 30.3 Å². The minimum absolute atomic E-state index is 0.113. The van der Waals surface area contributed by atoms with Gasteiger partial charge in [-0.05, 0) is 57.4 Å². The van der Waals surface area contributed by atoms with E-state index >= 15 is 0 Å². The molecular weight excluding hydrogens is 344 g/mol. The van der Waals surface area contributed by atoms with Crippen molar-refractivity contribution in [2.45, 2.75) is 58.3 Å². The molecule has 27 heavy (non-hydrogen) atoms. The van der Waals surface area contributed by atoms with E-state index in [-0.39, 0.29) is 24.8 Å². The molecule has 148 valence electrons. The number of likely N-dealkylation sites (tertiary alicyclic amines) is 1. The van der Waals surface area contributed by atoms with Gasteiger partial charge in [0.15, 0.2) is 0 Å². The van der Waals surface area contributed by atoms with Crippen LogP contribution in [0.3, 0.4) is 0 Å². The van der Waals surface area contributed by atoms with Crippen molar-refractivity contribution in [3.8, 4) is 0 Å². The van der Waals surface area contributed by atoms with Gasteiger partial charge in [0.25, 0.3) is 0 Å². The van der Waals surface area contributed by atoms with Gasteiger partial charge in [-0.15, -0.1) is 0 Å². The zero-order valence-electron chi connectivity index (χ0n) is 16.4. The van der Waals surface area contributed by atoms with E-state index in [0.29, 0.717) is 18.4 Å². The number of carbonyl (C=O) groups excluding carboxylic acids is 2. The van der Waals surface area contributed by atoms with Gasteiger partial charge in [0.05, 0.1) is 0 Å². The van der Waals surface area contributed by atoms with E-state index in [9.17, 15) is 9.59 Å². The van der Waals surface area contributed by atoms with Crippen LogP contribution in [0.4, 0.5) is 9.59 Å². The normalized spacial score (nSPS) is 24.9. The molecule has 1 heterocycles. The van der Waals surface area contributed by atoms with Crippen molar-refractivity contribution in [3.63, 3.8) is 0 Å². The van der Waals surface area contributed by atoms with Crippen LogP contribution in [-0.2, 0) is 16.1 Å². The fourth-order valence-electron chi connectivity index (χ4n) is 4.03. The van der Waals surface area contributed by atoms with Crippen molar-refractivity contribution in [2.75, 3.05) is 13.1 Å². The van der Waals surface area contributed by atoms with Gasteiger partial charge in [-0.3, -0.25) is 0 Å². The molecule has 2 fully saturated rings. The number of rotatable bonds is 3. The molecule has 3 atom stereocenters. The molecule has 1 saturated carbocycles. The molecule has 1 unspecified atom stereocenters. The van der Waals surface area contributed by atoms with Crippen LogP contribution in [-0.4, -0.2) is 41.8 Å². The van der Waals surface area contributed by atoms with Crippen molar-refractivity contribution < 1.29 is 19.1 Å². The number of benzene rings is 1. The molecule has 0 bridgehead atoms. The lowest BCUT2D eigenvalue weighted by Gasteiger charge is -2.35. The topological polar surface area (TPSA) is 67.9 Å². The molecule has 2 aliphatic rings. The second-order valence-electron chi connectivity index (χ2n) is 8.61. The van der Waals surface area contributed by atoms with Crippen LogP contribution in [0.2, 0.25) is 0 Å². The predicted molar refractivity (Wildman–Crippen MR) is 102 cm³/mol. The van der Waals surface area contributed by atoms with Crippen LogP contribution in [0.25, 0.3) is 0 Å². The van der Waals surface area contributed by atoms with Crippen molar-refractivity contribution in [2.24, 2.45) is 11.8 Å². The van der Waals surface area contributed by atoms with Gasteiger partial charge in [-0.25, -0.2) is 9.59 Å². The van der Waals surface area contributed by atoms with Crippen molar-refractivity contribution >= 4 is 12.2 Å². The van der Waals surface area contributed by atoms with Crippen molar-refractivity contribution in [1.29, 1.82) is 0 Å². The third-order valence-electron chi connectivity index (χ3n) is 5.25. The number of nitrogens with zero attached hydrogens (tertiary/aromatic N) is 1. The third-order valence-corrected chi connectivity index (χ3v) is 5.25. The molecule has 1 aromatic rings. The number of hydrogen-bond acceptors (Lipinski definition) is 4. The lowest BCUT2D eigenvalue weighted by molar-refractivity contribution is 0.0127. The van der Waals surface area contributed by atoms with Gasteiger partial charge in [-0.1, -0.05) is 30.3 Å². The molecule has 1 saturated heterocycles. The summed E-state index contributed by atoms with van der Waals surface area (Å²) in [7, 11) is 0. The van der Waals surface area contributed by atoms with Crippen molar-refractivity contribution in [1.82, 2.24) is 10.2 Å².